The summed E-state index contributed by atoms with van der Waals surface area (Å²) in [7, 11) is 0. The summed E-state index contributed by atoms with van der Waals surface area (Å²) in [6.07, 6.45) is 1.38. The molecule has 0 spiro atoms. The fourth-order valence-electron chi connectivity index (χ4n) is 2.11. The first-order chi connectivity index (χ1) is 6.43. The zero-order valence-electron chi connectivity index (χ0n) is 10.1. The Kier molecular flexibility index (Phi) is 4.32. The molecule has 0 aromatic carbocycles. The molecule has 1 fully saturated rings. The maximum atomic E-state index is 4.48. The Hall–Kier alpha value is 0.310. The van der Waals surface area contributed by atoms with Crippen molar-refractivity contribution in [3.8, 4) is 0 Å². The third-order valence-corrected chi connectivity index (χ3v) is 3.87. The van der Waals surface area contributed by atoms with Crippen molar-refractivity contribution in [2.45, 2.75) is 34.1 Å². The standard InChI is InChI=1S/C12H25NS/c1-10-5-6-13(7-10)8-11(9-14)12(2,3)4/h10-11,14H,5-9H2,1-4H3. The molecular weight excluding hydrogens is 190 g/mol. The molecule has 84 valence electrons. The third kappa shape index (κ3) is 3.47. The van der Waals surface area contributed by atoms with Crippen molar-refractivity contribution in [3.05, 3.63) is 0 Å². The summed E-state index contributed by atoms with van der Waals surface area (Å²) >= 11 is 4.48. The zero-order valence-corrected chi connectivity index (χ0v) is 11.0. The minimum absolute atomic E-state index is 0.396. The molecule has 0 N–H and O–H groups in total. The van der Waals surface area contributed by atoms with E-state index < -0.39 is 0 Å². The summed E-state index contributed by atoms with van der Waals surface area (Å²) in [5.41, 5.74) is 0.396. The first-order valence-electron chi connectivity index (χ1n) is 5.76. The van der Waals surface area contributed by atoms with Gasteiger partial charge in [-0.3, -0.25) is 0 Å². The molecule has 2 atom stereocenters. The maximum Gasteiger partial charge on any atom is 0.00226 e. The van der Waals surface area contributed by atoms with Gasteiger partial charge in [-0.2, -0.15) is 12.6 Å². The van der Waals surface area contributed by atoms with Crippen molar-refractivity contribution >= 4 is 12.6 Å². The van der Waals surface area contributed by atoms with E-state index >= 15 is 0 Å². The molecule has 0 amide bonds. The summed E-state index contributed by atoms with van der Waals surface area (Å²) in [6.45, 7) is 13.2. The van der Waals surface area contributed by atoms with E-state index in [1.165, 1.54) is 26.1 Å². The predicted octanol–water partition coefficient (Wildman–Crippen LogP) is 2.92. The van der Waals surface area contributed by atoms with Crippen LogP contribution in [0.4, 0.5) is 0 Å². The maximum absolute atomic E-state index is 4.48. The monoisotopic (exact) mass is 215 g/mol. The molecule has 2 heteroatoms. The van der Waals surface area contributed by atoms with Crippen LogP contribution in [0, 0.1) is 17.3 Å². The number of rotatable bonds is 3. The molecule has 1 aliphatic heterocycles. The van der Waals surface area contributed by atoms with Gasteiger partial charge in [0.05, 0.1) is 0 Å². The minimum atomic E-state index is 0.396. The Morgan fingerprint density at radius 3 is 2.43 bits per heavy atom. The van der Waals surface area contributed by atoms with E-state index in [-0.39, 0.29) is 0 Å². The van der Waals surface area contributed by atoms with Gasteiger partial charge in [0.1, 0.15) is 0 Å². The van der Waals surface area contributed by atoms with Crippen molar-refractivity contribution in [1.29, 1.82) is 0 Å². The van der Waals surface area contributed by atoms with Gasteiger partial charge in [0, 0.05) is 13.1 Å². The van der Waals surface area contributed by atoms with Gasteiger partial charge in [-0.25, -0.2) is 0 Å². The van der Waals surface area contributed by atoms with E-state index in [4.69, 9.17) is 0 Å². The number of hydrogen-bond donors (Lipinski definition) is 1. The topological polar surface area (TPSA) is 3.24 Å². The molecule has 1 heterocycles. The molecule has 0 saturated carbocycles. The molecular formula is C12H25NS. The van der Waals surface area contributed by atoms with E-state index in [1.54, 1.807) is 0 Å². The van der Waals surface area contributed by atoms with Gasteiger partial charge in [-0.15, -0.1) is 0 Å². The number of likely N-dealkylation sites (tertiary alicyclic amines) is 1. The molecule has 0 aliphatic carbocycles. The average molecular weight is 215 g/mol. The van der Waals surface area contributed by atoms with E-state index in [0.717, 1.165) is 17.6 Å². The fourth-order valence-corrected chi connectivity index (χ4v) is 2.77. The highest BCUT2D eigenvalue weighted by molar-refractivity contribution is 7.80. The lowest BCUT2D eigenvalue weighted by Gasteiger charge is -2.33. The minimum Gasteiger partial charge on any atom is -0.303 e. The Balaban J connectivity index is 2.41. The van der Waals surface area contributed by atoms with Crippen molar-refractivity contribution < 1.29 is 0 Å². The first kappa shape index (κ1) is 12.4. The number of hydrogen-bond acceptors (Lipinski definition) is 2. The lowest BCUT2D eigenvalue weighted by Crippen LogP contribution is -2.35. The van der Waals surface area contributed by atoms with Gasteiger partial charge >= 0.3 is 0 Å². The highest BCUT2D eigenvalue weighted by Gasteiger charge is 2.28. The summed E-state index contributed by atoms with van der Waals surface area (Å²) in [4.78, 5) is 2.61. The number of thiol groups is 1. The Bertz CT molecular complexity index is 174. The Labute approximate surface area is 94.7 Å². The van der Waals surface area contributed by atoms with Crippen LogP contribution in [0.5, 0.6) is 0 Å². The van der Waals surface area contributed by atoms with Crippen LogP contribution in [-0.2, 0) is 0 Å². The lowest BCUT2D eigenvalue weighted by atomic mass is 9.81. The molecule has 14 heavy (non-hydrogen) atoms. The van der Waals surface area contributed by atoms with Crippen molar-refractivity contribution in [3.63, 3.8) is 0 Å². The SMILES string of the molecule is CC1CCN(CC(CS)C(C)(C)C)C1. The molecule has 1 saturated heterocycles. The van der Waals surface area contributed by atoms with E-state index in [9.17, 15) is 0 Å². The van der Waals surface area contributed by atoms with Crippen LogP contribution in [-0.4, -0.2) is 30.3 Å². The second-order valence-corrected chi connectivity index (χ2v) is 6.26. The molecule has 0 aromatic rings. The second-order valence-electron chi connectivity index (χ2n) is 5.90. The van der Waals surface area contributed by atoms with Crippen molar-refractivity contribution in [2.24, 2.45) is 17.3 Å². The largest absolute Gasteiger partial charge is 0.303 e. The summed E-state index contributed by atoms with van der Waals surface area (Å²) < 4.78 is 0. The van der Waals surface area contributed by atoms with Crippen LogP contribution >= 0.6 is 12.6 Å². The van der Waals surface area contributed by atoms with Crippen LogP contribution in [0.15, 0.2) is 0 Å². The summed E-state index contributed by atoms with van der Waals surface area (Å²) in [5.74, 6) is 2.63. The van der Waals surface area contributed by atoms with Crippen LogP contribution in [0.2, 0.25) is 0 Å². The van der Waals surface area contributed by atoms with Crippen LogP contribution in [0.1, 0.15) is 34.1 Å². The van der Waals surface area contributed by atoms with Crippen LogP contribution < -0.4 is 0 Å². The zero-order chi connectivity index (χ0) is 10.8. The van der Waals surface area contributed by atoms with E-state index in [0.29, 0.717) is 5.41 Å². The molecule has 0 bridgehead atoms. The fraction of sp³-hybridized carbons (Fsp3) is 1.00. The van der Waals surface area contributed by atoms with Gasteiger partial charge in [0.2, 0.25) is 0 Å². The second kappa shape index (κ2) is 4.89. The van der Waals surface area contributed by atoms with Gasteiger partial charge in [-0.1, -0.05) is 27.7 Å². The molecule has 0 aromatic heterocycles. The molecule has 2 unspecified atom stereocenters. The molecule has 1 nitrogen and oxygen atoms in total. The molecule has 0 radical (unpaired) electrons. The van der Waals surface area contributed by atoms with Crippen LogP contribution in [0.3, 0.4) is 0 Å². The lowest BCUT2D eigenvalue weighted by molar-refractivity contribution is 0.184. The molecule has 1 rings (SSSR count). The van der Waals surface area contributed by atoms with E-state index in [2.05, 4.69) is 45.2 Å². The predicted molar refractivity (Wildman–Crippen MR) is 67.0 cm³/mol. The third-order valence-electron chi connectivity index (χ3n) is 3.43. The quantitative estimate of drug-likeness (QED) is 0.709. The van der Waals surface area contributed by atoms with Gasteiger partial charge in [0.25, 0.3) is 0 Å². The summed E-state index contributed by atoms with van der Waals surface area (Å²) in [6, 6.07) is 0. The van der Waals surface area contributed by atoms with Crippen LogP contribution in [0.25, 0.3) is 0 Å². The summed E-state index contributed by atoms with van der Waals surface area (Å²) in [5, 5.41) is 0. The Morgan fingerprint density at radius 1 is 1.43 bits per heavy atom. The molecule has 1 aliphatic rings. The average Bonchev–Trinajstić information content (AvgIpc) is 2.45. The van der Waals surface area contributed by atoms with Gasteiger partial charge < -0.3 is 4.90 Å². The smallest absolute Gasteiger partial charge is 0.00226 e. The first-order valence-corrected chi connectivity index (χ1v) is 6.40. The Morgan fingerprint density at radius 2 is 2.07 bits per heavy atom. The van der Waals surface area contributed by atoms with Crippen molar-refractivity contribution in [2.75, 3.05) is 25.4 Å². The highest BCUT2D eigenvalue weighted by atomic mass is 32.1. The highest BCUT2D eigenvalue weighted by Crippen LogP contribution is 2.29. The van der Waals surface area contributed by atoms with Crippen molar-refractivity contribution in [1.82, 2.24) is 4.90 Å². The van der Waals surface area contributed by atoms with E-state index in [1.807, 2.05) is 0 Å². The number of nitrogens with zero attached hydrogens (tertiary/aromatic N) is 1. The normalized spacial score (nSPS) is 26.8. The van der Waals surface area contributed by atoms with Gasteiger partial charge in [0.15, 0.2) is 0 Å². The van der Waals surface area contributed by atoms with Gasteiger partial charge in [-0.05, 0) is 36.0 Å².